The van der Waals surface area contributed by atoms with Crippen molar-refractivity contribution in [2.24, 2.45) is 5.92 Å². The van der Waals surface area contributed by atoms with Crippen LogP contribution in [0.25, 0.3) is 0 Å². The first-order valence-corrected chi connectivity index (χ1v) is 8.09. The molecule has 0 spiro atoms. The van der Waals surface area contributed by atoms with Crippen molar-refractivity contribution in [1.82, 2.24) is 10.2 Å². The predicted molar refractivity (Wildman–Crippen MR) is 82.6 cm³/mol. The summed E-state index contributed by atoms with van der Waals surface area (Å²) >= 11 is 0. The van der Waals surface area contributed by atoms with Crippen LogP contribution in [0.2, 0.25) is 0 Å². The van der Waals surface area contributed by atoms with Gasteiger partial charge < -0.3 is 15.0 Å². The summed E-state index contributed by atoms with van der Waals surface area (Å²) in [4.78, 5) is 2.46. The third-order valence-corrected chi connectivity index (χ3v) is 4.07. The van der Waals surface area contributed by atoms with Crippen LogP contribution in [0, 0.1) is 5.92 Å². The maximum Gasteiger partial charge on any atom is 0.0707 e. The van der Waals surface area contributed by atoms with Crippen LogP contribution in [0.5, 0.6) is 0 Å². The van der Waals surface area contributed by atoms with Gasteiger partial charge in [-0.3, -0.25) is 0 Å². The molecule has 1 N–H and O–H groups in total. The van der Waals surface area contributed by atoms with E-state index < -0.39 is 0 Å². The number of rotatable bonds is 9. The quantitative estimate of drug-likeness (QED) is 0.697. The summed E-state index contributed by atoms with van der Waals surface area (Å²) < 4.78 is 6.14. The van der Waals surface area contributed by atoms with Crippen LogP contribution in [-0.4, -0.2) is 49.8 Å². The molecule has 1 fully saturated rings. The maximum absolute atomic E-state index is 6.14. The molecule has 0 aromatic carbocycles. The first-order valence-electron chi connectivity index (χ1n) is 8.09. The van der Waals surface area contributed by atoms with Crippen LogP contribution in [0.15, 0.2) is 0 Å². The first-order chi connectivity index (χ1) is 9.02. The molecule has 3 heteroatoms. The van der Waals surface area contributed by atoms with Crippen LogP contribution in [-0.2, 0) is 4.74 Å². The normalized spacial score (nSPS) is 25.4. The van der Waals surface area contributed by atoms with Crippen molar-refractivity contribution in [1.29, 1.82) is 0 Å². The molecule has 1 aliphatic heterocycles. The fourth-order valence-corrected chi connectivity index (χ4v) is 2.74. The van der Waals surface area contributed by atoms with E-state index in [9.17, 15) is 0 Å². The predicted octanol–water partition coefficient (Wildman–Crippen LogP) is 2.90. The zero-order valence-corrected chi connectivity index (χ0v) is 13.6. The summed E-state index contributed by atoms with van der Waals surface area (Å²) in [6.45, 7) is 12.3. The Morgan fingerprint density at radius 1 is 1.21 bits per heavy atom. The fourth-order valence-electron chi connectivity index (χ4n) is 2.74. The summed E-state index contributed by atoms with van der Waals surface area (Å²) in [5, 5.41) is 3.51. The van der Waals surface area contributed by atoms with Gasteiger partial charge in [0, 0.05) is 19.1 Å². The fraction of sp³-hybridized carbons (Fsp3) is 1.00. The minimum atomic E-state index is 0.429. The average molecular weight is 270 g/mol. The summed E-state index contributed by atoms with van der Waals surface area (Å²) in [6, 6.07) is 0.673. The molecule has 3 unspecified atom stereocenters. The Morgan fingerprint density at radius 2 is 1.89 bits per heavy atom. The van der Waals surface area contributed by atoms with Crippen molar-refractivity contribution in [2.45, 2.75) is 71.6 Å². The molecular weight excluding hydrogens is 236 g/mol. The van der Waals surface area contributed by atoms with Gasteiger partial charge in [0.2, 0.25) is 0 Å². The zero-order chi connectivity index (χ0) is 14.3. The zero-order valence-electron chi connectivity index (χ0n) is 13.6. The second kappa shape index (κ2) is 8.93. The van der Waals surface area contributed by atoms with E-state index in [2.05, 4.69) is 45.0 Å². The molecule has 3 nitrogen and oxygen atoms in total. The van der Waals surface area contributed by atoms with E-state index in [1.807, 2.05) is 0 Å². The third-order valence-electron chi connectivity index (χ3n) is 4.07. The van der Waals surface area contributed by atoms with Gasteiger partial charge in [-0.25, -0.2) is 0 Å². The van der Waals surface area contributed by atoms with Crippen molar-refractivity contribution in [2.75, 3.05) is 26.7 Å². The van der Waals surface area contributed by atoms with Crippen LogP contribution in [0.3, 0.4) is 0 Å². The highest BCUT2D eigenvalue weighted by Crippen LogP contribution is 2.20. The topological polar surface area (TPSA) is 24.5 Å². The molecule has 0 bridgehead atoms. The van der Waals surface area contributed by atoms with E-state index in [0.717, 1.165) is 25.6 Å². The Balaban J connectivity index is 2.17. The van der Waals surface area contributed by atoms with Crippen molar-refractivity contribution >= 4 is 0 Å². The van der Waals surface area contributed by atoms with Crippen molar-refractivity contribution < 1.29 is 4.74 Å². The average Bonchev–Trinajstić information content (AvgIpc) is 2.76. The van der Waals surface area contributed by atoms with Gasteiger partial charge in [0.15, 0.2) is 0 Å². The molecule has 1 aliphatic rings. The molecule has 0 amide bonds. The van der Waals surface area contributed by atoms with E-state index in [1.54, 1.807) is 0 Å². The standard InChI is InChI=1S/C16H34N2O/c1-6-7-14(4)18(5)12-16-9-8-15(19-16)11-17-10-13(2)3/h13-17H,6-12H2,1-5H3. The van der Waals surface area contributed by atoms with Crippen LogP contribution in [0.1, 0.15) is 53.4 Å². The third kappa shape index (κ3) is 6.73. The van der Waals surface area contributed by atoms with E-state index in [1.165, 1.54) is 25.7 Å². The summed E-state index contributed by atoms with van der Waals surface area (Å²) in [5.41, 5.74) is 0. The van der Waals surface area contributed by atoms with Gasteiger partial charge in [0.1, 0.15) is 0 Å². The van der Waals surface area contributed by atoms with E-state index in [0.29, 0.717) is 18.2 Å². The molecule has 1 saturated heterocycles. The van der Waals surface area contributed by atoms with Gasteiger partial charge in [-0.1, -0.05) is 27.2 Å². The lowest BCUT2D eigenvalue weighted by Gasteiger charge is -2.27. The van der Waals surface area contributed by atoms with Gasteiger partial charge in [-0.2, -0.15) is 0 Å². The smallest absolute Gasteiger partial charge is 0.0707 e. The van der Waals surface area contributed by atoms with Crippen molar-refractivity contribution in [3.8, 4) is 0 Å². The van der Waals surface area contributed by atoms with Crippen LogP contribution >= 0.6 is 0 Å². The van der Waals surface area contributed by atoms with Crippen molar-refractivity contribution in [3.05, 3.63) is 0 Å². The molecule has 19 heavy (non-hydrogen) atoms. The second-order valence-corrected chi connectivity index (χ2v) is 6.59. The largest absolute Gasteiger partial charge is 0.372 e. The van der Waals surface area contributed by atoms with E-state index in [-0.39, 0.29) is 0 Å². The molecule has 1 rings (SSSR count). The first kappa shape index (κ1) is 16.9. The Bertz CT molecular complexity index is 233. The number of nitrogens with one attached hydrogen (secondary N) is 1. The van der Waals surface area contributed by atoms with Gasteiger partial charge in [0.25, 0.3) is 0 Å². The number of nitrogens with zero attached hydrogens (tertiary/aromatic N) is 1. The molecule has 0 saturated carbocycles. The lowest BCUT2D eigenvalue weighted by atomic mass is 10.1. The summed E-state index contributed by atoms with van der Waals surface area (Å²) in [5.74, 6) is 0.721. The lowest BCUT2D eigenvalue weighted by Crippen LogP contribution is -2.37. The molecule has 0 aliphatic carbocycles. The highest BCUT2D eigenvalue weighted by Gasteiger charge is 2.26. The number of hydrogen-bond acceptors (Lipinski definition) is 3. The number of likely N-dealkylation sites (N-methyl/N-ethyl adjacent to an activating group) is 1. The Morgan fingerprint density at radius 3 is 2.53 bits per heavy atom. The SMILES string of the molecule is CCCC(C)N(C)CC1CCC(CNCC(C)C)O1. The molecule has 0 aromatic heterocycles. The van der Waals surface area contributed by atoms with Gasteiger partial charge in [-0.15, -0.1) is 0 Å². The molecule has 1 heterocycles. The summed E-state index contributed by atoms with van der Waals surface area (Å²) in [6.07, 6.45) is 5.85. The second-order valence-electron chi connectivity index (χ2n) is 6.59. The lowest BCUT2D eigenvalue weighted by molar-refractivity contribution is 0.0210. The summed E-state index contributed by atoms with van der Waals surface area (Å²) in [7, 11) is 2.23. The Labute approximate surface area is 120 Å². The van der Waals surface area contributed by atoms with Gasteiger partial charge >= 0.3 is 0 Å². The molecule has 3 atom stereocenters. The van der Waals surface area contributed by atoms with E-state index >= 15 is 0 Å². The minimum absolute atomic E-state index is 0.429. The van der Waals surface area contributed by atoms with Crippen molar-refractivity contribution in [3.63, 3.8) is 0 Å². The minimum Gasteiger partial charge on any atom is -0.372 e. The highest BCUT2D eigenvalue weighted by molar-refractivity contribution is 4.78. The number of hydrogen-bond donors (Lipinski definition) is 1. The highest BCUT2D eigenvalue weighted by atomic mass is 16.5. The monoisotopic (exact) mass is 270 g/mol. The van der Waals surface area contributed by atoms with Gasteiger partial charge in [0.05, 0.1) is 12.2 Å². The maximum atomic E-state index is 6.14. The Kier molecular flexibility index (Phi) is 7.96. The molecule has 0 radical (unpaired) electrons. The van der Waals surface area contributed by atoms with Crippen LogP contribution in [0.4, 0.5) is 0 Å². The van der Waals surface area contributed by atoms with Crippen LogP contribution < -0.4 is 5.32 Å². The number of ether oxygens (including phenoxy) is 1. The molecular formula is C16H34N2O. The van der Waals surface area contributed by atoms with Gasteiger partial charge in [-0.05, 0) is 45.7 Å². The van der Waals surface area contributed by atoms with E-state index in [4.69, 9.17) is 4.74 Å². The Hall–Kier alpha value is -0.120. The molecule has 0 aromatic rings. The molecule has 114 valence electrons.